The van der Waals surface area contributed by atoms with Crippen molar-refractivity contribution >= 4 is 27.5 Å². The zero-order valence-electron chi connectivity index (χ0n) is 17.1. The fourth-order valence-corrected chi connectivity index (χ4v) is 3.98. The van der Waals surface area contributed by atoms with E-state index >= 15 is 0 Å². The number of amides is 1. The molecule has 2 aromatic rings. The van der Waals surface area contributed by atoms with Crippen molar-refractivity contribution in [2.75, 3.05) is 41.8 Å². The lowest BCUT2D eigenvalue weighted by Crippen LogP contribution is -2.35. The van der Waals surface area contributed by atoms with Gasteiger partial charge in [-0.1, -0.05) is 29.8 Å². The maximum atomic E-state index is 12.8. The molecule has 1 N–H and O–H groups in total. The summed E-state index contributed by atoms with van der Waals surface area (Å²) in [7, 11) is 4.59. The first-order chi connectivity index (χ1) is 13.6. The molecular formula is C20H26ClN3O4S. The lowest BCUT2D eigenvalue weighted by atomic mass is 10.0. The first-order valence-electron chi connectivity index (χ1n) is 8.89. The molecule has 0 aliphatic rings. The van der Waals surface area contributed by atoms with Gasteiger partial charge in [0.25, 0.3) is 5.91 Å². The standard InChI is InChI=1S/C20H26ClN3O4S/c1-23(2)18(15-8-6-7-9-19(15)28-5)13-22-20(25)16-12-14(10-11-17(16)21)29(26,27)24(3)4/h6-12,18H,13H2,1-5H3,(H,22,25). The molecule has 0 spiro atoms. The summed E-state index contributed by atoms with van der Waals surface area (Å²) in [6.45, 7) is 0.285. The fraction of sp³-hybridized carbons (Fsp3) is 0.350. The number of methoxy groups -OCH3 is 1. The molecule has 7 nitrogen and oxygen atoms in total. The Bertz CT molecular complexity index is 977. The topological polar surface area (TPSA) is 78.9 Å². The summed E-state index contributed by atoms with van der Waals surface area (Å²) in [4.78, 5) is 14.7. The number of benzene rings is 2. The summed E-state index contributed by atoms with van der Waals surface area (Å²) in [5, 5.41) is 3.03. The Labute approximate surface area is 177 Å². The Balaban J connectivity index is 2.27. The number of ether oxygens (including phenoxy) is 1. The molecular weight excluding hydrogens is 414 g/mol. The second kappa shape index (κ2) is 9.58. The Morgan fingerprint density at radius 3 is 2.38 bits per heavy atom. The summed E-state index contributed by atoms with van der Waals surface area (Å²) >= 11 is 6.16. The molecule has 9 heteroatoms. The minimum Gasteiger partial charge on any atom is -0.496 e. The molecule has 0 saturated heterocycles. The van der Waals surface area contributed by atoms with Crippen molar-refractivity contribution in [3.8, 4) is 5.75 Å². The van der Waals surface area contributed by atoms with E-state index < -0.39 is 15.9 Å². The minimum atomic E-state index is -3.68. The molecule has 2 rings (SSSR count). The van der Waals surface area contributed by atoms with Crippen molar-refractivity contribution in [1.29, 1.82) is 0 Å². The molecule has 1 unspecified atom stereocenters. The van der Waals surface area contributed by atoms with E-state index in [9.17, 15) is 13.2 Å². The van der Waals surface area contributed by atoms with E-state index in [0.717, 1.165) is 15.6 Å². The maximum Gasteiger partial charge on any atom is 0.252 e. The van der Waals surface area contributed by atoms with Gasteiger partial charge < -0.3 is 15.0 Å². The summed E-state index contributed by atoms with van der Waals surface area (Å²) in [6, 6.07) is 11.5. The SMILES string of the molecule is COc1ccccc1C(CNC(=O)c1cc(S(=O)(=O)N(C)C)ccc1Cl)N(C)C. The largest absolute Gasteiger partial charge is 0.496 e. The summed E-state index contributed by atoms with van der Waals surface area (Å²) in [6.07, 6.45) is 0. The first-order valence-corrected chi connectivity index (χ1v) is 10.7. The average Bonchev–Trinajstić information content (AvgIpc) is 2.68. The number of para-hydroxylation sites is 1. The van der Waals surface area contributed by atoms with Gasteiger partial charge in [-0.25, -0.2) is 12.7 Å². The molecule has 2 aromatic carbocycles. The van der Waals surface area contributed by atoms with Crippen LogP contribution in [0.15, 0.2) is 47.4 Å². The molecule has 0 bridgehead atoms. The molecule has 0 aliphatic carbocycles. The molecule has 1 amide bonds. The van der Waals surface area contributed by atoms with Crippen LogP contribution in [-0.2, 0) is 10.0 Å². The van der Waals surface area contributed by atoms with Crippen molar-refractivity contribution in [3.05, 3.63) is 58.6 Å². The number of nitrogens with one attached hydrogen (secondary N) is 1. The number of hydrogen-bond donors (Lipinski definition) is 1. The smallest absolute Gasteiger partial charge is 0.252 e. The number of sulfonamides is 1. The highest BCUT2D eigenvalue weighted by Gasteiger charge is 2.23. The third-order valence-electron chi connectivity index (χ3n) is 4.54. The van der Waals surface area contributed by atoms with Gasteiger partial charge in [0.1, 0.15) is 5.75 Å². The number of nitrogens with zero attached hydrogens (tertiary/aromatic N) is 2. The van der Waals surface area contributed by atoms with Gasteiger partial charge in [0, 0.05) is 26.2 Å². The van der Waals surface area contributed by atoms with E-state index in [1.54, 1.807) is 7.11 Å². The van der Waals surface area contributed by atoms with Crippen LogP contribution in [0, 0.1) is 0 Å². The van der Waals surface area contributed by atoms with Crippen molar-refractivity contribution < 1.29 is 17.9 Å². The third-order valence-corrected chi connectivity index (χ3v) is 6.68. The molecule has 0 aromatic heterocycles. The quantitative estimate of drug-likeness (QED) is 0.684. The normalized spacial score (nSPS) is 12.8. The van der Waals surface area contributed by atoms with Gasteiger partial charge in [-0.05, 0) is 38.4 Å². The maximum absolute atomic E-state index is 12.8. The number of carbonyl (C=O) groups excluding carboxylic acids is 1. The number of hydrogen-bond acceptors (Lipinski definition) is 5. The summed E-state index contributed by atoms with van der Waals surface area (Å²) in [5.74, 6) is 0.269. The minimum absolute atomic E-state index is 0.00550. The predicted molar refractivity (Wildman–Crippen MR) is 114 cm³/mol. The van der Waals surface area contributed by atoms with Gasteiger partial charge in [-0.2, -0.15) is 0 Å². The van der Waals surface area contributed by atoms with Crippen LogP contribution in [0.25, 0.3) is 0 Å². The molecule has 0 saturated carbocycles. The van der Waals surface area contributed by atoms with Gasteiger partial charge in [-0.15, -0.1) is 0 Å². The van der Waals surface area contributed by atoms with Crippen LogP contribution in [0.4, 0.5) is 0 Å². The van der Waals surface area contributed by atoms with Gasteiger partial charge in [-0.3, -0.25) is 4.79 Å². The second-order valence-corrected chi connectivity index (χ2v) is 9.42. The lowest BCUT2D eigenvalue weighted by Gasteiger charge is -2.26. The number of halogens is 1. The van der Waals surface area contributed by atoms with Crippen LogP contribution in [0.2, 0.25) is 5.02 Å². The Kier molecular flexibility index (Phi) is 7.65. The molecule has 1 atom stereocenters. The average molecular weight is 440 g/mol. The van der Waals surface area contributed by atoms with E-state index in [1.165, 1.54) is 32.3 Å². The molecule has 0 radical (unpaired) electrons. The van der Waals surface area contributed by atoms with Crippen molar-refractivity contribution in [3.63, 3.8) is 0 Å². The van der Waals surface area contributed by atoms with Crippen molar-refractivity contribution in [2.24, 2.45) is 0 Å². The van der Waals surface area contributed by atoms with E-state index in [1.807, 2.05) is 43.3 Å². The Morgan fingerprint density at radius 1 is 1.14 bits per heavy atom. The van der Waals surface area contributed by atoms with Crippen LogP contribution < -0.4 is 10.1 Å². The molecule has 0 heterocycles. The molecule has 0 fully saturated rings. The van der Waals surface area contributed by atoms with Gasteiger partial charge in [0.2, 0.25) is 10.0 Å². The predicted octanol–water partition coefficient (Wildman–Crippen LogP) is 2.63. The highest BCUT2D eigenvalue weighted by atomic mass is 35.5. The molecule has 29 heavy (non-hydrogen) atoms. The highest BCUT2D eigenvalue weighted by molar-refractivity contribution is 7.89. The fourth-order valence-electron chi connectivity index (χ4n) is 2.85. The second-order valence-electron chi connectivity index (χ2n) is 6.86. The van der Waals surface area contributed by atoms with Crippen molar-refractivity contribution in [2.45, 2.75) is 10.9 Å². The van der Waals surface area contributed by atoms with E-state index in [4.69, 9.17) is 16.3 Å². The number of rotatable bonds is 8. The van der Waals surface area contributed by atoms with E-state index in [2.05, 4.69) is 5.32 Å². The Hall–Kier alpha value is -2.13. The third kappa shape index (κ3) is 5.27. The van der Waals surface area contributed by atoms with Crippen LogP contribution >= 0.6 is 11.6 Å². The van der Waals surface area contributed by atoms with Crippen LogP contribution in [-0.4, -0.2) is 65.4 Å². The summed E-state index contributed by atoms with van der Waals surface area (Å²) < 4.78 is 31.2. The van der Waals surface area contributed by atoms with E-state index in [-0.39, 0.29) is 28.1 Å². The van der Waals surface area contributed by atoms with Gasteiger partial charge in [0.05, 0.1) is 28.6 Å². The lowest BCUT2D eigenvalue weighted by molar-refractivity contribution is 0.0941. The van der Waals surface area contributed by atoms with Gasteiger partial charge >= 0.3 is 0 Å². The van der Waals surface area contributed by atoms with Gasteiger partial charge in [0.15, 0.2) is 0 Å². The molecule has 158 valence electrons. The first kappa shape index (κ1) is 23.2. The van der Waals surface area contributed by atoms with Crippen molar-refractivity contribution in [1.82, 2.24) is 14.5 Å². The van der Waals surface area contributed by atoms with Crippen LogP contribution in [0.1, 0.15) is 22.0 Å². The zero-order valence-corrected chi connectivity index (χ0v) is 18.7. The van der Waals surface area contributed by atoms with E-state index in [0.29, 0.717) is 0 Å². The number of carbonyl (C=O) groups is 1. The van der Waals surface area contributed by atoms with Crippen LogP contribution in [0.3, 0.4) is 0 Å². The van der Waals surface area contributed by atoms with Crippen LogP contribution in [0.5, 0.6) is 5.75 Å². The molecule has 0 aliphatic heterocycles. The zero-order chi connectivity index (χ0) is 21.8. The Morgan fingerprint density at radius 2 is 1.79 bits per heavy atom. The summed E-state index contributed by atoms with van der Waals surface area (Å²) in [5.41, 5.74) is 1.03. The highest BCUT2D eigenvalue weighted by Crippen LogP contribution is 2.28. The monoisotopic (exact) mass is 439 g/mol. The number of likely N-dealkylation sites (N-methyl/N-ethyl adjacent to an activating group) is 1.